The number of aromatic nitrogens is 4. The summed E-state index contributed by atoms with van der Waals surface area (Å²) in [4.78, 5) is 40.4. The number of fused-ring (bicyclic) bond motifs is 2. The van der Waals surface area contributed by atoms with Gasteiger partial charge in [0.1, 0.15) is 6.07 Å². The molecule has 1 spiro atoms. The number of benzene rings is 3. The van der Waals surface area contributed by atoms with Gasteiger partial charge in [0.2, 0.25) is 5.91 Å². The Hall–Kier alpha value is -5.98. The molecular formula is C57H68ClF2N11O2. The maximum atomic E-state index is 14.8. The topological polar surface area (TPSA) is 113 Å². The predicted molar refractivity (Wildman–Crippen MR) is 282 cm³/mol. The highest BCUT2D eigenvalue weighted by molar-refractivity contribution is 6.32. The number of aryl methyl sites for hydroxylation is 3. The number of carbonyl (C=O) groups excluding carboxylic acids is 2. The summed E-state index contributed by atoms with van der Waals surface area (Å²) < 4.78 is 33.5. The molecule has 16 heteroatoms. The number of hydrogen-bond donors (Lipinski definition) is 0. The van der Waals surface area contributed by atoms with Crippen LogP contribution in [0.2, 0.25) is 5.02 Å². The van der Waals surface area contributed by atoms with Crippen molar-refractivity contribution in [2.75, 3.05) is 80.1 Å². The Bertz CT molecular complexity index is 2940. The second kappa shape index (κ2) is 20.0. The molecule has 6 aliphatic rings. The number of halogens is 3. The molecule has 2 amide bonds. The van der Waals surface area contributed by atoms with Gasteiger partial charge in [-0.3, -0.25) is 19.0 Å². The molecule has 0 unspecified atom stereocenters. The molecular weight excluding hydrogens is 944 g/mol. The molecule has 0 saturated carbocycles. The van der Waals surface area contributed by atoms with Crippen molar-refractivity contribution in [1.29, 1.82) is 5.26 Å². The quantitative estimate of drug-likeness (QED) is 0.142. The van der Waals surface area contributed by atoms with E-state index < -0.39 is 6.43 Å². The molecule has 0 N–H and O–H groups in total. The number of anilines is 4. The van der Waals surface area contributed by atoms with E-state index in [1.54, 1.807) is 37.1 Å². The van der Waals surface area contributed by atoms with Crippen molar-refractivity contribution in [3.05, 3.63) is 105 Å². The zero-order valence-electron chi connectivity index (χ0n) is 42.8. The number of rotatable bonds is 9. The summed E-state index contributed by atoms with van der Waals surface area (Å²) in [6.45, 7) is 15.2. The van der Waals surface area contributed by atoms with Crippen LogP contribution in [0.3, 0.4) is 0 Å². The van der Waals surface area contributed by atoms with Crippen molar-refractivity contribution < 1.29 is 18.4 Å². The van der Waals surface area contributed by atoms with Gasteiger partial charge in [0.05, 0.1) is 29.4 Å². The van der Waals surface area contributed by atoms with Gasteiger partial charge in [-0.2, -0.15) is 15.5 Å². The summed E-state index contributed by atoms with van der Waals surface area (Å²) >= 11 is 6.43. The third-order valence-electron chi connectivity index (χ3n) is 17.5. The minimum absolute atomic E-state index is 0.00811. The van der Waals surface area contributed by atoms with E-state index in [1.165, 1.54) is 11.4 Å². The van der Waals surface area contributed by atoms with Gasteiger partial charge in [0.25, 0.3) is 12.3 Å². The van der Waals surface area contributed by atoms with Crippen LogP contribution in [0.15, 0.2) is 60.9 Å². The number of hydrogen-bond acceptors (Lipinski definition) is 9. The van der Waals surface area contributed by atoms with Crippen LogP contribution in [0.5, 0.6) is 0 Å². The number of likely N-dealkylation sites (tertiary alicyclic amines) is 2. The molecule has 0 aliphatic carbocycles. The lowest BCUT2D eigenvalue weighted by molar-refractivity contribution is -0.129. The predicted octanol–water partition coefficient (Wildman–Crippen LogP) is 10.1. The maximum absolute atomic E-state index is 14.8. The summed E-state index contributed by atoms with van der Waals surface area (Å²) in [7, 11) is 1.79. The van der Waals surface area contributed by atoms with Crippen molar-refractivity contribution in [1.82, 2.24) is 34.3 Å². The number of amides is 2. The summed E-state index contributed by atoms with van der Waals surface area (Å²) in [5.41, 5.74) is 10.1. The fourth-order valence-electron chi connectivity index (χ4n) is 13.4. The van der Waals surface area contributed by atoms with Crippen LogP contribution < -0.4 is 14.7 Å². The number of nitriles is 1. The minimum Gasteiger partial charge on any atom is -0.371 e. The number of carbonyl (C=O) groups is 2. The van der Waals surface area contributed by atoms with Crippen LogP contribution in [0, 0.1) is 29.6 Å². The highest BCUT2D eigenvalue weighted by Crippen LogP contribution is 2.47. The highest BCUT2D eigenvalue weighted by Gasteiger charge is 2.44. The van der Waals surface area contributed by atoms with Gasteiger partial charge in [-0.25, -0.2) is 8.78 Å². The van der Waals surface area contributed by atoms with E-state index in [0.29, 0.717) is 59.7 Å². The Labute approximate surface area is 433 Å². The van der Waals surface area contributed by atoms with Crippen molar-refractivity contribution in [2.24, 2.45) is 18.4 Å². The average Bonchev–Trinajstić information content (AvgIpc) is 4.10. The number of alkyl halides is 2. The standard InChI is InChI=1S/C57H68ClF2N11O2/c1-37-26-45(66-24-16-57(17-25-66)30-38(2)70(36-57)46-8-7-42(31-61)51(58)28-46)9-10-47(37)56(73)67-21-11-40(12-22-67)33-65-19-13-44(14-20-65)71-52-15-23-68(39(3)72)35-50(52)55(63-71)69-18-5-6-41-27-48(43-32-62-64(4)34-43)49(54(59)60)29-53(41)69/h7-10,26-29,32,34,38,40,44,54H,5-6,11-25,30,33,35-36H2,1-4H3/t38-/m0/s1. The molecule has 1 atom stereocenters. The molecule has 5 aromatic rings. The molecule has 6 aliphatic heterocycles. The normalized spacial score (nSPS) is 20.8. The monoisotopic (exact) mass is 1010 g/mol. The van der Waals surface area contributed by atoms with E-state index in [9.17, 15) is 23.6 Å². The van der Waals surface area contributed by atoms with E-state index in [4.69, 9.17) is 16.7 Å². The van der Waals surface area contributed by atoms with E-state index in [1.807, 2.05) is 29.2 Å². The molecule has 2 aromatic heterocycles. The first kappa shape index (κ1) is 49.2. The smallest absolute Gasteiger partial charge is 0.264 e. The molecule has 11 rings (SSSR count). The molecule has 384 valence electrons. The first-order chi connectivity index (χ1) is 35.2. The lowest BCUT2D eigenvalue weighted by atomic mass is 9.76. The molecule has 8 heterocycles. The van der Waals surface area contributed by atoms with Gasteiger partial charge >= 0.3 is 0 Å². The second-order valence-corrected chi connectivity index (χ2v) is 22.5. The van der Waals surface area contributed by atoms with Crippen molar-refractivity contribution in [3.8, 4) is 17.2 Å². The third kappa shape index (κ3) is 9.58. The van der Waals surface area contributed by atoms with Gasteiger partial charge in [0.15, 0.2) is 5.82 Å². The molecule has 73 heavy (non-hydrogen) atoms. The minimum atomic E-state index is -2.66. The largest absolute Gasteiger partial charge is 0.371 e. The second-order valence-electron chi connectivity index (χ2n) is 22.1. The lowest BCUT2D eigenvalue weighted by Crippen LogP contribution is -2.44. The SMILES string of the molecule is CC(=O)N1CCc2c(c(N3CCCc4cc(-c5cnn(C)c5)c(C(F)F)cc43)nn2C2CCN(CC3CCN(C(=O)c4ccc(N5CCC6(CC5)C[C@H](C)N(c5ccc(C#N)c(Cl)c5)C6)cc4C)CC3)CC2)C1. The molecule has 4 saturated heterocycles. The molecule has 0 radical (unpaired) electrons. The van der Waals surface area contributed by atoms with Crippen LogP contribution in [0.1, 0.15) is 122 Å². The Kier molecular flexibility index (Phi) is 13.5. The Morgan fingerprint density at radius 1 is 0.918 bits per heavy atom. The third-order valence-corrected chi connectivity index (χ3v) is 17.8. The maximum Gasteiger partial charge on any atom is 0.264 e. The van der Waals surface area contributed by atoms with Gasteiger partial charge < -0.3 is 29.4 Å². The zero-order valence-corrected chi connectivity index (χ0v) is 43.6. The van der Waals surface area contributed by atoms with E-state index in [0.717, 1.165) is 150 Å². The fourth-order valence-corrected chi connectivity index (χ4v) is 13.6. The van der Waals surface area contributed by atoms with Crippen molar-refractivity contribution in [2.45, 2.75) is 110 Å². The number of piperidine rings is 3. The van der Waals surface area contributed by atoms with E-state index in [2.05, 4.69) is 72.4 Å². The Morgan fingerprint density at radius 2 is 1.68 bits per heavy atom. The van der Waals surface area contributed by atoms with Crippen molar-refractivity contribution in [3.63, 3.8) is 0 Å². The van der Waals surface area contributed by atoms with Gasteiger partial charge in [-0.05, 0) is 148 Å². The summed E-state index contributed by atoms with van der Waals surface area (Å²) in [6.07, 6.45) is 10.4. The van der Waals surface area contributed by atoms with Gasteiger partial charge in [-0.1, -0.05) is 11.6 Å². The Balaban J connectivity index is 0.694. The van der Waals surface area contributed by atoms with Crippen LogP contribution >= 0.6 is 11.6 Å². The molecule has 13 nitrogen and oxygen atoms in total. The average molecular weight is 1010 g/mol. The Morgan fingerprint density at radius 3 is 2.37 bits per heavy atom. The van der Waals surface area contributed by atoms with Gasteiger partial charge in [-0.15, -0.1) is 0 Å². The highest BCUT2D eigenvalue weighted by atomic mass is 35.5. The summed E-state index contributed by atoms with van der Waals surface area (Å²) in [5, 5.41) is 19.5. The van der Waals surface area contributed by atoms with E-state index >= 15 is 0 Å². The first-order valence-corrected chi connectivity index (χ1v) is 27.0. The van der Waals surface area contributed by atoms with Gasteiger partial charge in [0, 0.05) is 143 Å². The molecule has 4 fully saturated rings. The fraction of sp³-hybridized carbons (Fsp3) is 0.526. The van der Waals surface area contributed by atoms with Crippen molar-refractivity contribution >= 4 is 46.3 Å². The van der Waals surface area contributed by atoms with Crippen LogP contribution in [-0.2, 0) is 31.2 Å². The first-order valence-electron chi connectivity index (χ1n) is 26.7. The number of nitrogens with zero attached hydrogens (tertiary/aromatic N) is 11. The zero-order chi connectivity index (χ0) is 50.7. The molecule has 3 aromatic carbocycles. The summed E-state index contributed by atoms with van der Waals surface area (Å²) in [6, 6.07) is 18.6. The van der Waals surface area contributed by atoms with Crippen LogP contribution in [0.25, 0.3) is 11.1 Å². The van der Waals surface area contributed by atoms with Crippen LogP contribution in [0.4, 0.5) is 31.7 Å². The molecule has 0 bridgehead atoms. The summed E-state index contributed by atoms with van der Waals surface area (Å²) in [5.74, 6) is 1.48. The van der Waals surface area contributed by atoms with Crippen LogP contribution in [-0.4, -0.2) is 118 Å². The lowest BCUT2D eigenvalue weighted by Gasteiger charge is -2.40. The van der Waals surface area contributed by atoms with E-state index in [-0.39, 0.29) is 28.8 Å².